The molecule has 2 rings (SSSR count). The van der Waals surface area contributed by atoms with Crippen molar-refractivity contribution < 1.29 is 14.7 Å². The van der Waals surface area contributed by atoms with Crippen LogP contribution in [0.1, 0.15) is 24.0 Å². The Hall–Kier alpha value is -1.79. The molecule has 1 unspecified atom stereocenters. The van der Waals surface area contributed by atoms with Crippen LogP contribution in [-0.2, 0) is 11.3 Å². The molecule has 21 heavy (non-hydrogen) atoms. The minimum atomic E-state index is 0.0968. The van der Waals surface area contributed by atoms with E-state index in [1.807, 2.05) is 12.1 Å². The third-order valence-corrected chi connectivity index (χ3v) is 3.69. The van der Waals surface area contributed by atoms with Crippen LogP contribution < -0.4 is 15.8 Å². The first kappa shape index (κ1) is 15.6. The lowest BCUT2D eigenvalue weighted by atomic mass is 10.0. The second kappa shape index (κ2) is 7.85. The fourth-order valence-corrected chi connectivity index (χ4v) is 2.51. The zero-order valence-electron chi connectivity index (χ0n) is 12.3. The number of ether oxygens (including phenoxy) is 2. The Morgan fingerprint density at radius 3 is 3.10 bits per heavy atom. The van der Waals surface area contributed by atoms with Gasteiger partial charge >= 0.3 is 0 Å². The largest absolute Gasteiger partial charge is 0.496 e. The lowest BCUT2D eigenvalue weighted by Crippen LogP contribution is -2.29. The monoisotopic (exact) mass is 293 g/mol. The van der Waals surface area contributed by atoms with Crippen LogP contribution in [0.4, 0.5) is 0 Å². The second-order valence-electron chi connectivity index (χ2n) is 5.23. The van der Waals surface area contributed by atoms with Gasteiger partial charge in [0, 0.05) is 30.8 Å². The molecular formula is C15H23N3O3. The number of oxime groups is 1. The molecule has 0 saturated carbocycles. The summed E-state index contributed by atoms with van der Waals surface area (Å²) in [7, 11) is 1.64. The summed E-state index contributed by atoms with van der Waals surface area (Å²) < 4.78 is 10.8. The summed E-state index contributed by atoms with van der Waals surface area (Å²) in [5.41, 5.74) is 7.28. The van der Waals surface area contributed by atoms with Gasteiger partial charge in [-0.25, -0.2) is 0 Å². The van der Waals surface area contributed by atoms with Gasteiger partial charge in [0.15, 0.2) is 5.84 Å². The Morgan fingerprint density at radius 1 is 1.57 bits per heavy atom. The number of rotatable bonds is 6. The van der Waals surface area contributed by atoms with Gasteiger partial charge in [0.2, 0.25) is 0 Å². The molecule has 1 fully saturated rings. The van der Waals surface area contributed by atoms with Gasteiger partial charge in [-0.05, 0) is 37.0 Å². The third-order valence-electron chi connectivity index (χ3n) is 3.69. The second-order valence-corrected chi connectivity index (χ2v) is 5.23. The van der Waals surface area contributed by atoms with Crippen LogP contribution >= 0.6 is 0 Å². The van der Waals surface area contributed by atoms with E-state index < -0.39 is 0 Å². The van der Waals surface area contributed by atoms with Gasteiger partial charge in [-0.15, -0.1) is 0 Å². The number of methoxy groups -OCH3 is 1. The van der Waals surface area contributed by atoms with Crippen LogP contribution in [0.5, 0.6) is 5.75 Å². The van der Waals surface area contributed by atoms with Gasteiger partial charge < -0.3 is 25.7 Å². The summed E-state index contributed by atoms with van der Waals surface area (Å²) in [6, 6.07) is 5.47. The molecule has 0 bridgehead atoms. The summed E-state index contributed by atoms with van der Waals surface area (Å²) in [6.45, 7) is 3.30. The number of nitrogens with zero attached hydrogens (tertiary/aromatic N) is 1. The number of nitrogens with one attached hydrogen (secondary N) is 1. The fourth-order valence-electron chi connectivity index (χ4n) is 2.51. The summed E-state index contributed by atoms with van der Waals surface area (Å²) in [6.07, 6.45) is 2.34. The Labute approximate surface area is 124 Å². The van der Waals surface area contributed by atoms with Crippen molar-refractivity contribution in [3.8, 4) is 5.75 Å². The standard InChI is InChI=1S/C15H23N3O3/c1-20-14-5-4-12(15(16)18-19)7-13(14)9-17-8-11-3-2-6-21-10-11/h4-5,7,11,17,19H,2-3,6,8-10H2,1H3,(H2,16,18). The lowest BCUT2D eigenvalue weighted by Gasteiger charge is -2.22. The molecule has 0 aliphatic carbocycles. The minimum Gasteiger partial charge on any atom is -0.496 e. The van der Waals surface area contributed by atoms with Crippen molar-refractivity contribution in [2.24, 2.45) is 16.8 Å². The van der Waals surface area contributed by atoms with Crippen molar-refractivity contribution in [2.45, 2.75) is 19.4 Å². The van der Waals surface area contributed by atoms with Gasteiger partial charge in [-0.1, -0.05) is 5.16 Å². The van der Waals surface area contributed by atoms with Crippen molar-refractivity contribution in [3.05, 3.63) is 29.3 Å². The molecule has 0 aromatic heterocycles. The first-order chi connectivity index (χ1) is 10.2. The Morgan fingerprint density at radius 2 is 2.43 bits per heavy atom. The maximum absolute atomic E-state index is 8.75. The Balaban J connectivity index is 1.96. The number of nitrogens with two attached hydrogens (primary N) is 1. The first-order valence-corrected chi connectivity index (χ1v) is 7.18. The molecule has 0 radical (unpaired) electrons. The van der Waals surface area contributed by atoms with E-state index in [4.69, 9.17) is 20.4 Å². The van der Waals surface area contributed by atoms with Crippen molar-refractivity contribution in [2.75, 3.05) is 26.9 Å². The van der Waals surface area contributed by atoms with E-state index in [0.29, 0.717) is 18.0 Å². The van der Waals surface area contributed by atoms with Gasteiger partial charge in [0.1, 0.15) is 5.75 Å². The Kier molecular flexibility index (Phi) is 5.83. The van der Waals surface area contributed by atoms with Crippen molar-refractivity contribution >= 4 is 5.84 Å². The molecule has 1 atom stereocenters. The van der Waals surface area contributed by atoms with Crippen LogP contribution in [0, 0.1) is 5.92 Å². The molecule has 0 spiro atoms. The lowest BCUT2D eigenvalue weighted by molar-refractivity contribution is 0.0547. The molecular weight excluding hydrogens is 270 g/mol. The summed E-state index contributed by atoms with van der Waals surface area (Å²) in [5.74, 6) is 1.45. The highest BCUT2D eigenvalue weighted by atomic mass is 16.5. The quantitative estimate of drug-likeness (QED) is 0.318. The molecule has 6 heteroatoms. The fraction of sp³-hybridized carbons (Fsp3) is 0.533. The van der Waals surface area contributed by atoms with Gasteiger partial charge in [0.25, 0.3) is 0 Å². The van der Waals surface area contributed by atoms with Gasteiger partial charge in [0.05, 0.1) is 13.7 Å². The average Bonchev–Trinajstić information content (AvgIpc) is 2.55. The van der Waals surface area contributed by atoms with Crippen molar-refractivity contribution in [1.82, 2.24) is 5.32 Å². The van der Waals surface area contributed by atoms with E-state index in [2.05, 4.69) is 10.5 Å². The van der Waals surface area contributed by atoms with Gasteiger partial charge in [-0.2, -0.15) is 0 Å². The number of hydrogen-bond acceptors (Lipinski definition) is 5. The molecule has 1 saturated heterocycles. The van der Waals surface area contributed by atoms with E-state index in [0.717, 1.165) is 37.5 Å². The SMILES string of the molecule is COc1ccc(/C(N)=N/O)cc1CNCC1CCCOC1. The summed E-state index contributed by atoms with van der Waals surface area (Å²) in [4.78, 5) is 0. The molecule has 1 heterocycles. The average molecular weight is 293 g/mol. The van der Waals surface area contributed by atoms with Crippen LogP contribution in [-0.4, -0.2) is 37.9 Å². The third kappa shape index (κ3) is 4.34. The topological polar surface area (TPSA) is 89.1 Å². The Bertz CT molecular complexity index is 485. The van der Waals surface area contributed by atoms with Crippen LogP contribution in [0.25, 0.3) is 0 Å². The van der Waals surface area contributed by atoms with E-state index >= 15 is 0 Å². The van der Waals surface area contributed by atoms with Gasteiger partial charge in [-0.3, -0.25) is 0 Å². The van der Waals surface area contributed by atoms with Crippen LogP contribution in [0.3, 0.4) is 0 Å². The molecule has 1 aromatic rings. The predicted octanol–water partition coefficient (Wildman–Crippen LogP) is 1.31. The zero-order chi connectivity index (χ0) is 15.1. The predicted molar refractivity (Wildman–Crippen MR) is 80.8 cm³/mol. The van der Waals surface area contributed by atoms with Crippen LogP contribution in [0.15, 0.2) is 23.4 Å². The van der Waals surface area contributed by atoms with Crippen molar-refractivity contribution in [1.29, 1.82) is 0 Å². The first-order valence-electron chi connectivity index (χ1n) is 7.18. The zero-order valence-corrected chi connectivity index (χ0v) is 12.3. The minimum absolute atomic E-state index is 0.0968. The molecule has 1 aliphatic rings. The summed E-state index contributed by atoms with van der Waals surface area (Å²) >= 11 is 0. The van der Waals surface area contributed by atoms with Crippen LogP contribution in [0.2, 0.25) is 0 Å². The van der Waals surface area contributed by atoms with E-state index in [9.17, 15) is 0 Å². The molecule has 4 N–H and O–H groups in total. The highest BCUT2D eigenvalue weighted by molar-refractivity contribution is 5.97. The maximum Gasteiger partial charge on any atom is 0.170 e. The number of amidine groups is 1. The van der Waals surface area contributed by atoms with E-state index in [1.54, 1.807) is 13.2 Å². The van der Waals surface area contributed by atoms with E-state index in [1.165, 1.54) is 6.42 Å². The highest BCUT2D eigenvalue weighted by Gasteiger charge is 2.14. The molecule has 116 valence electrons. The number of benzene rings is 1. The number of hydrogen-bond donors (Lipinski definition) is 3. The maximum atomic E-state index is 8.75. The highest BCUT2D eigenvalue weighted by Crippen LogP contribution is 2.20. The molecule has 0 amide bonds. The normalized spacial score (nSPS) is 19.5. The van der Waals surface area contributed by atoms with E-state index in [-0.39, 0.29) is 5.84 Å². The molecule has 1 aliphatic heterocycles. The molecule has 1 aromatic carbocycles. The van der Waals surface area contributed by atoms with Crippen molar-refractivity contribution in [3.63, 3.8) is 0 Å². The molecule has 6 nitrogen and oxygen atoms in total. The smallest absolute Gasteiger partial charge is 0.170 e. The summed E-state index contributed by atoms with van der Waals surface area (Å²) in [5, 5.41) is 15.2.